The fourth-order valence-corrected chi connectivity index (χ4v) is 4.38. The summed E-state index contributed by atoms with van der Waals surface area (Å²) >= 11 is 7.07. The molecule has 1 aromatic heterocycles. The molecule has 1 saturated heterocycles. The second-order valence-electron chi connectivity index (χ2n) is 7.69. The van der Waals surface area contributed by atoms with Gasteiger partial charge in [0, 0.05) is 37.9 Å². The molecule has 0 atom stereocenters. The number of aromatic nitrogens is 2. The molecule has 0 radical (unpaired) electrons. The molecule has 1 amide bonds. The molecule has 2 aromatic carbocycles. The Hall–Kier alpha value is -3.05. The maximum atomic E-state index is 13.2. The van der Waals surface area contributed by atoms with Crippen molar-refractivity contribution in [3.8, 4) is 0 Å². The van der Waals surface area contributed by atoms with E-state index in [1.54, 1.807) is 18.2 Å². The summed E-state index contributed by atoms with van der Waals surface area (Å²) in [6, 6.07) is 10.9. The molecular weight excluding hydrogens is 506 g/mol. The number of nitrogens with one attached hydrogen (secondary N) is 1. The molecule has 0 unspecified atom stereocenters. The number of carbonyl (C=O) groups excluding carboxylic acids is 1. The minimum atomic E-state index is -4.54. The van der Waals surface area contributed by atoms with Crippen LogP contribution in [0.3, 0.4) is 0 Å². The van der Waals surface area contributed by atoms with Gasteiger partial charge in [-0.15, -0.1) is 0 Å². The van der Waals surface area contributed by atoms with Gasteiger partial charge in [-0.2, -0.15) is 13.2 Å². The second kappa shape index (κ2) is 10.7. The molecule has 6 nitrogen and oxygen atoms in total. The van der Waals surface area contributed by atoms with Gasteiger partial charge in [-0.05, 0) is 42.5 Å². The first-order chi connectivity index (χ1) is 16.7. The zero-order chi connectivity index (χ0) is 25.0. The summed E-state index contributed by atoms with van der Waals surface area (Å²) in [5, 5.41) is 2.99. The quantitative estimate of drug-likeness (QED) is 0.266. The van der Waals surface area contributed by atoms with E-state index in [9.17, 15) is 22.4 Å². The van der Waals surface area contributed by atoms with Crippen molar-refractivity contribution in [1.82, 2.24) is 9.97 Å². The van der Waals surface area contributed by atoms with Gasteiger partial charge < -0.3 is 15.1 Å². The number of thioether (sulfide) groups is 1. The summed E-state index contributed by atoms with van der Waals surface area (Å²) < 4.78 is 51.9. The van der Waals surface area contributed by atoms with Crippen LogP contribution in [0.1, 0.15) is 5.56 Å². The number of amides is 1. The molecule has 1 aliphatic rings. The summed E-state index contributed by atoms with van der Waals surface area (Å²) in [4.78, 5) is 25.1. The van der Waals surface area contributed by atoms with E-state index >= 15 is 0 Å². The largest absolute Gasteiger partial charge is 0.416 e. The average molecular weight is 526 g/mol. The fourth-order valence-electron chi connectivity index (χ4n) is 3.55. The van der Waals surface area contributed by atoms with Crippen molar-refractivity contribution < 1.29 is 22.4 Å². The first kappa shape index (κ1) is 25.1. The van der Waals surface area contributed by atoms with Gasteiger partial charge in [-0.3, -0.25) is 4.79 Å². The van der Waals surface area contributed by atoms with Crippen LogP contribution in [0.25, 0.3) is 0 Å². The first-order valence-electron chi connectivity index (χ1n) is 10.6. The zero-order valence-corrected chi connectivity index (χ0v) is 19.8. The Morgan fingerprint density at radius 3 is 2.37 bits per heavy atom. The predicted molar refractivity (Wildman–Crippen MR) is 129 cm³/mol. The van der Waals surface area contributed by atoms with Crippen LogP contribution in [0.15, 0.2) is 59.9 Å². The van der Waals surface area contributed by atoms with E-state index in [0.29, 0.717) is 23.9 Å². The maximum Gasteiger partial charge on any atom is 0.416 e. The Morgan fingerprint density at radius 2 is 1.69 bits per heavy atom. The lowest BCUT2D eigenvalue weighted by molar-refractivity contribution is -0.137. The van der Waals surface area contributed by atoms with Crippen LogP contribution in [-0.2, 0) is 11.0 Å². The number of benzene rings is 2. The van der Waals surface area contributed by atoms with Gasteiger partial charge in [0.25, 0.3) is 0 Å². The Labute approximate surface area is 208 Å². The molecule has 1 aliphatic heterocycles. The van der Waals surface area contributed by atoms with E-state index < -0.39 is 17.6 Å². The highest BCUT2D eigenvalue weighted by Crippen LogP contribution is 2.34. The first-order valence-corrected chi connectivity index (χ1v) is 11.9. The molecule has 35 heavy (non-hydrogen) atoms. The monoisotopic (exact) mass is 525 g/mol. The Balaban J connectivity index is 1.32. The lowest BCUT2D eigenvalue weighted by Gasteiger charge is -2.36. The number of piperazine rings is 1. The molecule has 12 heteroatoms. The van der Waals surface area contributed by atoms with Gasteiger partial charge in [0.15, 0.2) is 0 Å². The van der Waals surface area contributed by atoms with E-state index in [2.05, 4.69) is 25.1 Å². The number of hydrogen-bond donors (Lipinski definition) is 1. The molecular formula is C23H20ClF4N5OS. The summed E-state index contributed by atoms with van der Waals surface area (Å²) in [7, 11) is 0. The third-order valence-electron chi connectivity index (χ3n) is 5.34. The number of rotatable bonds is 6. The van der Waals surface area contributed by atoms with Gasteiger partial charge in [0.05, 0.1) is 22.0 Å². The highest BCUT2D eigenvalue weighted by molar-refractivity contribution is 7.99. The predicted octanol–water partition coefficient (Wildman–Crippen LogP) is 5.35. The van der Waals surface area contributed by atoms with E-state index in [1.807, 2.05) is 0 Å². The zero-order valence-electron chi connectivity index (χ0n) is 18.2. The van der Waals surface area contributed by atoms with E-state index in [4.69, 9.17) is 11.6 Å². The Kier molecular flexibility index (Phi) is 7.66. The van der Waals surface area contributed by atoms with Crippen LogP contribution in [-0.4, -0.2) is 47.8 Å². The van der Waals surface area contributed by atoms with Crippen molar-refractivity contribution in [2.75, 3.05) is 47.0 Å². The third-order valence-corrected chi connectivity index (χ3v) is 6.60. The minimum absolute atomic E-state index is 0.0143. The number of halogens is 5. The van der Waals surface area contributed by atoms with Crippen LogP contribution < -0.4 is 15.1 Å². The van der Waals surface area contributed by atoms with Crippen molar-refractivity contribution in [1.29, 1.82) is 0 Å². The number of hydrogen-bond acceptors (Lipinski definition) is 6. The highest BCUT2D eigenvalue weighted by Gasteiger charge is 2.31. The molecule has 0 spiro atoms. The Morgan fingerprint density at radius 1 is 1.00 bits per heavy atom. The van der Waals surface area contributed by atoms with Gasteiger partial charge in [-0.25, -0.2) is 14.4 Å². The van der Waals surface area contributed by atoms with Crippen LogP contribution in [0.4, 0.5) is 34.8 Å². The standard InChI is InChI=1S/C23H20ClF4N5OS/c24-18-6-1-15(23(26,27)28)11-19(18)31-21(34)13-35-22-12-20(29-14-30-22)33-9-7-32(8-10-33)17-4-2-16(25)3-5-17/h1-6,11-12,14H,7-10,13H2,(H,31,34). The summed E-state index contributed by atoms with van der Waals surface area (Å²) in [5.74, 6) is -0.140. The summed E-state index contributed by atoms with van der Waals surface area (Å²) in [5.41, 5.74) is -0.0452. The molecule has 0 aliphatic carbocycles. The van der Waals surface area contributed by atoms with Crippen LogP contribution in [0, 0.1) is 5.82 Å². The normalized spacial score (nSPS) is 14.2. The maximum absolute atomic E-state index is 13.2. The number of alkyl halides is 3. The second-order valence-corrected chi connectivity index (χ2v) is 9.10. The minimum Gasteiger partial charge on any atom is -0.368 e. The van der Waals surface area contributed by atoms with Crippen molar-refractivity contribution in [3.05, 3.63) is 71.3 Å². The van der Waals surface area contributed by atoms with Crippen molar-refractivity contribution in [3.63, 3.8) is 0 Å². The molecule has 1 fully saturated rings. The lowest BCUT2D eigenvalue weighted by Crippen LogP contribution is -2.46. The summed E-state index contributed by atoms with van der Waals surface area (Å²) in [6.07, 6.45) is -3.13. The SMILES string of the molecule is O=C(CSc1cc(N2CCN(c3ccc(F)cc3)CC2)ncn1)Nc1cc(C(F)(F)F)ccc1Cl. The van der Waals surface area contributed by atoms with Crippen LogP contribution in [0.2, 0.25) is 5.02 Å². The van der Waals surface area contributed by atoms with Gasteiger partial charge in [0.2, 0.25) is 5.91 Å². The molecule has 3 aromatic rings. The van der Waals surface area contributed by atoms with E-state index in [1.165, 1.54) is 18.5 Å². The van der Waals surface area contributed by atoms with E-state index in [0.717, 1.165) is 48.7 Å². The van der Waals surface area contributed by atoms with Gasteiger partial charge >= 0.3 is 6.18 Å². The van der Waals surface area contributed by atoms with E-state index in [-0.39, 0.29) is 22.3 Å². The van der Waals surface area contributed by atoms with Crippen LogP contribution in [0.5, 0.6) is 0 Å². The average Bonchev–Trinajstić information content (AvgIpc) is 2.84. The van der Waals surface area contributed by atoms with Crippen molar-refractivity contribution in [2.45, 2.75) is 11.2 Å². The van der Waals surface area contributed by atoms with Crippen molar-refractivity contribution >= 4 is 46.5 Å². The topological polar surface area (TPSA) is 61.4 Å². The molecule has 4 rings (SSSR count). The van der Waals surface area contributed by atoms with Crippen molar-refractivity contribution in [2.24, 2.45) is 0 Å². The molecule has 2 heterocycles. The number of nitrogens with zero attached hydrogens (tertiary/aromatic N) is 4. The highest BCUT2D eigenvalue weighted by atomic mass is 35.5. The van der Waals surface area contributed by atoms with Gasteiger partial charge in [-0.1, -0.05) is 23.4 Å². The number of carbonyl (C=O) groups is 1. The van der Waals surface area contributed by atoms with Crippen LogP contribution >= 0.6 is 23.4 Å². The molecule has 184 valence electrons. The third kappa shape index (κ3) is 6.55. The smallest absolute Gasteiger partial charge is 0.368 e. The fraction of sp³-hybridized carbons (Fsp3) is 0.261. The molecule has 0 saturated carbocycles. The Bertz CT molecular complexity index is 1190. The lowest BCUT2D eigenvalue weighted by atomic mass is 10.2. The molecule has 0 bridgehead atoms. The summed E-state index contributed by atoms with van der Waals surface area (Å²) in [6.45, 7) is 2.87. The number of anilines is 3. The van der Waals surface area contributed by atoms with Gasteiger partial charge in [0.1, 0.15) is 23.0 Å². The molecule has 1 N–H and O–H groups in total.